The number of rotatable bonds is 6. The molecule has 1 heterocycles. The summed E-state index contributed by atoms with van der Waals surface area (Å²) in [6, 6.07) is 13.7. The molecule has 0 fully saturated rings. The van der Waals surface area contributed by atoms with Gasteiger partial charge in [0.1, 0.15) is 5.75 Å². The zero-order chi connectivity index (χ0) is 28.0. The van der Waals surface area contributed by atoms with Crippen molar-refractivity contribution >= 4 is 33.6 Å². The first kappa shape index (κ1) is 27.4. The molecular formula is C25H20ClF3N3O5S-. The number of alkyl halides is 3. The van der Waals surface area contributed by atoms with Crippen LogP contribution >= 0.6 is 11.6 Å². The number of carbonyl (C=O) groups is 1. The second-order valence-corrected chi connectivity index (χ2v) is 10.4. The van der Waals surface area contributed by atoms with Gasteiger partial charge in [-0.05, 0) is 58.1 Å². The number of methoxy groups -OCH3 is 1. The molecule has 0 bridgehead atoms. The van der Waals surface area contributed by atoms with Crippen LogP contribution in [0.5, 0.6) is 5.75 Å². The van der Waals surface area contributed by atoms with E-state index in [2.05, 4.69) is 4.99 Å². The summed E-state index contributed by atoms with van der Waals surface area (Å²) in [6.45, 7) is 0. The first-order valence-corrected chi connectivity index (χ1v) is 12.8. The number of ether oxygens (including phenoxy) is 1. The van der Waals surface area contributed by atoms with Crippen molar-refractivity contribution in [2.24, 2.45) is 10.7 Å². The molecule has 4 rings (SSSR count). The second-order valence-electron chi connectivity index (χ2n) is 8.59. The highest BCUT2D eigenvalue weighted by Gasteiger charge is 2.50. The zero-order valence-corrected chi connectivity index (χ0v) is 21.5. The molecule has 0 spiro atoms. The molecule has 0 aliphatic carbocycles. The standard InChI is InChI=1S/C25H21ClF3N3O5S/c1-32-22(33)24(31-23(32)30,18-6-7-21(37-2)20(12-18)25(27,28)29)17-5-3-4-15(10-17)16-8-14(9-19(26)11-16)13-38(34,35)36/h3-12H,13H2,1-2H3,(H2,30,31)(H,34,35,36)/p-1. The Balaban J connectivity index is 1.94. The number of aliphatic imine (C=N–C) groups is 1. The van der Waals surface area contributed by atoms with Crippen molar-refractivity contribution in [2.75, 3.05) is 14.2 Å². The molecule has 1 amide bonds. The molecular weight excluding hydrogens is 547 g/mol. The average molecular weight is 567 g/mol. The molecule has 2 N–H and O–H groups in total. The summed E-state index contributed by atoms with van der Waals surface area (Å²) in [5.41, 5.74) is 4.00. The van der Waals surface area contributed by atoms with Gasteiger partial charge in [-0.2, -0.15) is 13.2 Å². The van der Waals surface area contributed by atoms with E-state index in [-0.39, 0.29) is 27.7 Å². The molecule has 38 heavy (non-hydrogen) atoms. The molecule has 0 saturated heterocycles. The highest BCUT2D eigenvalue weighted by atomic mass is 35.5. The fourth-order valence-electron chi connectivity index (χ4n) is 4.37. The first-order valence-electron chi connectivity index (χ1n) is 10.9. The Kier molecular flexibility index (Phi) is 6.93. The fourth-order valence-corrected chi connectivity index (χ4v) is 5.20. The van der Waals surface area contributed by atoms with Crippen molar-refractivity contribution in [3.63, 3.8) is 0 Å². The number of guanidine groups is 1. The number of carbonyl (C=O) groups excluding carboxylic acids is 1. The van der Waals surface area contributed by atoms with Crippen LogP contribution in [0.15, 0.2) is 65.7 Å². The molecule has 1 aliphatic heterocycles. The van der Waals surface area contributed by atoms with E-state index >= 15 is 0 Å². The number of likely N-dealkylation sites (N-methyl/N-ethyl adjacent to an activating group) is 1. The highest BCUT2D eigenvalue weighted by Crippen LogP contribution is 2.44. The van der Waals surface area contributed by atoms with Gasteiger partial charge in [-0.25, -0.2) is 13.4 Å². The van der Waals surface area contributed by atoms with Crippen LogP contribution in [0.1, 0.15) is 22.3 Å². The maximum absolute atomic E-state index is 13.8. The van der Waals surface area contributed by atoms with Gasteiger partial charge in [0.25, 0.3) is 5.91 Å². The van der Waals surface area contributed by atoms with Gasteiger partial charge in [0.2, 0.25) is 0 Å². The van der Waals surface area contributed by atoms with Crippen molar-refractivity contribution in [1.29, 1.82) is 0 Å². The third kappa shape index (κ3) is 5.06. The van der Waals surface area contributed by atoms with Crippen LogP contribution in [0.4, 0.5) is 13.2 Å². The van der Waals surface area contributed by atoms with E-state index in [1.165, 1.54) is 43.4 Å². The van der Waals surface area contributed by atoms with Gasteiger partial charge < -0.3 is 15.0 Å². The van der Waals surface area contributed by atoms with Gasteiger partial charge in [-0.15, -0.1) is 0 Å². The molecule has 1 atom stereocenters. The normalized spacial score (nSPS) is 18.0. The van der Waals surface area contributed by atoms with E-state index in [4.69, 9.17) is 22.1 Å². The predicted octanol–water partition coefficient (Wildman–Crippen LogP) is 4.11. The monoisotopic (exact) mass is 566 g/mol. The molecule has 1 unspecified atom stereocenters. The van der Waals surface area contributed by atoms with Gasteiger partial charge in [-0.3, -0.25) is 9.69 Å². The van der Waals surface area contributed by atoms with Gasteiger partial charge in [0, 0.05) is 12.1 Å². The zero-order valence-electron chi connectivity index (χ0n) is 19.9. The summed E-state index contributed by atoms with van der Waals surface area (Å²) >= 11 is 6.15. The highest BCUT2D eigenvalue weighted by molar-refractivity contribution is 7.84. The van der Waals surface area contributed by atoms with Gasteiger partial charge in [0.05, 0.1) is 28.5 Å². The molecule has 0 aromatic heterocycles. The lowest BCUT2D eigenvalue weighted by atomic mass is 9.81. The number of hydrogen-bond acceptors (Lipinski definition) is 7. The molecule has 0 radical (unpaired) electrons. The summed E-state index contributed by atoms with van der Waals surface area (Å²) in [7, 11) is -2.14. The third-order valence-corrected chi connectivity index (χ3v) is 6.98. The van der Waals surface area contributed by atoms with Crippen LogP contribution in [0.3, 0.4) is 0 Å². The SMILES string of the molecule is COc1ccc(C2(c3cccc(-c4cc(Cl)cc(CS(=O)(=O)[O-])c4)c3)N=C(N)N(C)C2=O)cc1C(F)(F)F. The van der Waals surface area contributed by atoms with E-state index < -0.39 is 44.8 Å². The van der Waals surface area contributed by atoms with E-state index in [1.807, 2.05) is 0 Å². The number of hydrogen-bond donors (Lipinski definition) is 1. The minimum atomic E-state index is -4.79. The fraction of sp³-hybridized carbons (Fsp3) is 0.200. The Morgan fingerprint density at radius 3 is 2.34 bits per heavy atom. The number of halogens is 4. The molecule has 8 nitrogen and oxygen atoms in total. The maximum atomic E-state index is 13.8. The van der Waals surface area contributed by atoms with E-state index in [9.17, 15) is 30.9 Å². The van der Waals surface area contributed by atoms with E-state index in [1.54, 1.807) is 12.1 Å². The largest absolute Gasteiger partial charge is 0.748 e. The quantitative estimate of drug-likeness (QED) is 0.448. The van der Waals surface area contributed by atoms with Crippen molar-refractivity contribution < 1.29 is 35.7 Å². The number of benzene rings is 3. The van der Waals surface area contributed by atoms with Crippen LogP contribution in [0, 0.1) is 0 Å². The molecule has 0 saturated carbocycles. The van der Waals surface area contributed by atoms with E-state index in [0.29, 0.717) is 11.1 Å². The Morgan fingerprint density at radius 1 is 1.08 bits per heavy atom. The van der Waals surface area contributed by atoms with Crippen LogP contribution in [0.2, 0.25) is 5.02 Å². The summed E-state index contributed by atoms with van der Waals surface area (Å²) in [4.78, 5) is 18.9. The number of amides is 1. The molecule has 1 aliphatic rings. The van der Waals surface area contributed by atoms with Crippen molar-refractivity contribution in [2.45, 2.75) is 17.5 Å². The summed E-state index contributed by atoms with van der Waals surface area (Å²) in [5, 5.41) is 0.158. The lowest BCUT2D eigenvalue weighted by molar-refractivity contribution is -0.139. The predicted molar refractivity (Wildman–Crippen MR) is 133 cm³/mol. The third-order valence-electron chi connectivity index (χ3n) is 6.08. The van der Waals surface area contributed by atoms with Gasteiger partial charge in [-0.1, -0.05) is 41.9 Å². The second kappa shape index (κ2) is 9.61. The average Bonchev–Trinajstić information content (AvgIpc) is 3.06. The van der Waals surface area contributed by atoms with Crippen molar-refractivity contribution in [3.8, 4) is 16.9 Å². The van der Waals surface area contributed by atoms with Crippen LogP contribution in [-0.4, -0.2) is 43.9 Å². The first-order chi connectivity index (χ1) is 17.7. The Labute approximate surface area is 221 Å². The number of nitrogens with zero attached hydrogens (tertiary/aromatic N) is 2. The van der Waals surface area contributed by atoms with Gasteiger partial charge in [0.15, 0.2) is 11.5 Å². The molecule has 13 heteroatoms. The Morgan fingerprint density at radius 2 is 1.76 bits per heavy atom. The summed E-state index contributed by atoms with van der Waals surface area (Å²) in [6.07, 6.45) is -4.79. The summed E-state index contributed by atoms with van der Waals surface area (Å²) in [5.74, 6) is -2.11. The molecule has 3 aromatic rings. The minimum Gasteiger partial charge on any atom is -0.748 e. The van der Waals surface area contributed by atoms with Crippen LogP contribution < -0.4 is 10.5 Å². The lowest BCUT2D eigenvalue weighted by Gasteiger charge is -2.27. The Bertz CT molecular complexity index is 1580. The summed E-state index contributed by atoms with van der Waals surface area (Å²) < 4.78 is 80.2. The van der Waals surface area contributed by atoms with Crippen molar-refractivity contribution in [3.05, 3.63) is 87.9 Å². The maximum Gasteiger partial charge on any atom is 0.419 e. The van der Waals surface area contributed by atoms with Crippen LogP contribution in [0.25, 0.3) is 11.1 Å². The van der Waals surface area contributed by atoms with Gasteiger partial charge >= 0.3 is 6.18 Å². The van der Waals surface area contributed by atoms with Crippen LogP contribution in [-0.2, 0) is 32.4 Å². The lowest BCUT2D eigenvalue weighted by Crippen LogP contribution is -2.41. The number of nitrogens with two attached hydrogens (primary N) is 1. The minimum absolute atomic E-state index is 0.0932. The molecule has 3 aromatic carbocycles. The Hall–Kier alpha value is -3.61. The van der Waals surface area contributed by atoms with Crippen molar-refractivity contribution in [1.82, 2.24) is 4.90 Å². The topological polar surface area (TPSA) is 125 Å². The smallest absolute Gasteiger partial charge is 0.419 e. The van der Waals surface area contributed by atoms with E-state index in [0.717, 1.165) is 24.1 Å². The molecule has 200 valence electrons.